The van der Waals surface area contributed by atoms with Crippen molar-refractivity contribution in [3.63, 3.8) is 0 Å². The van der Waals surface area contributed by atoms with Crippen molar-refractivity contribution in [3.8, 4) is 5.75 Å². The van der Waals surface area contributed by atoms with Crippen LogP contribution in [-0.4, -0.2) is 31.0 Å². The summed E-state index contributed by atoms with van der Waals surface area (Å²) in [6.45, 7) is 1.10. The number of hydrogen-bond donors (Lipinski definition) is 3. The molecule has 0 aromatic heterocycles. The highest BCUT2D eigenvalue weighted by molar-refractivity contribution is 5.37. The SMILES string of the molecule is NCOc1ccc2c(c1)CCCC(NCCO)C2. The molecule has 0 amide bonds. The average Bonchev–Trinajstić information content (AvgIpc) is 2.58. The molecule has 1 unspecified atom stereocenters. The van der Waals surface area contributed by atoms with Crippen LogP contribution in [0, 0.1) is 0 Å². The highest BCUT2D eigenvalue weighted by Crippen LogP contribution is 2.25. The van der Waals surface area contributed by atoms with Gasteiger partial charge in [-0.1, -0.05) is 6.07 Å². The molecular formula is C14H22N2O2. The predicted molar refractivity (Wildman–Crippen MR) is 71.6 cm³/mol. The Morgan fingerprint density at radius 1 is 1.39 bits per heavy atom. The molecule has 1 atom stereocenters. The number of aliphatic hydroxyl groups excluding tert-OH is 1. The Morgan fingerprint density at radius 2 is 2.28 bits per heavy atom. The zero-order chi connectivity index (χ0) is 12.8. The van der Waals surface area contributed by atoms with E-state index in [-0.39, 0.29) is 13.3 Å². The Bertz CT molecular complexity index is 382. The van der Waals surface area contributed by atoms with Gasteiger partial charge in [-0.2, -0.15) is 0 Å². The minimum absolute atomic E-state index is 0.201. The van der Waals surface area contributed by atoms with Crippen LogP contribution in [0.25, 0.3) is 0 Å². The first-order chi connectivity index (χ1) is 8.83. The fraction of sp³-hybridized carbons (Fsp3) is 0.571. The van der Waals surface area contributed by atoms with Gasteiger partial charge in [-0.05, 0) is 48.9 Å². The van der Waals surface area contributed by atoms with Gasteiger partial charge in [0.15, 0.2) is 0 Å². The third-order valence-corrected chi connectivity index (χ3v) is 3.44. The summed E-state index contributed by atoms with van der Waals surface area (Å²) in [5, 5.41) is 12.3. The molecule has 4 N–H and O–H groups in total. The zero-order valence-electron chi connectivity index (χ0n) is 10.7. The number of rotatable bonds is 5. The molecule has 1 aliphatic rings. The van der Waals surface area contributed by atoms with Gasteiger partial charge in [0.2, 0.25) is 0 Å². The van der Waals surface area contributed by atoms with Crippen LogP contribution in [0.3, 0.4) is 0 Å². The summed E-state index contributed by atoms with van der Waals surface area (Å²) in [5.74, 6) is 0.859. The monoisotopic (exact) mass is 250 g/mol. The molecule has 0 bridgehead atoms. The Morgan fingerprint density at radius 3 is 3.06 bits per heavy atom. The molecule has 4 nitrogen and oxygen atoms in total. The highest BCUT2D eigenvalue weighted by atomic mass is 16.5. The summed E-state index contributed by atoms with van der Waals surface area (Å²) in [4.78, 5) is 0. The number of nitrogens with two attached hydrogens (primary N) is 1. The summed E-state index contributed by atoms with van der Waals surface area (Å²) in [6.07, 6.45) is 4.44. The largest absolute Gasteiger partial charge is 0.479 e. The van der Waals surface area contributed by atoms with Crippen LogP contribution in [0.15, 0.2) is 18.2 Å². The van der Waals surface area contributed by atoms with Gasteiger partial charge in [0, 0.05) is 12.6 Å². The lowest BCUT2D eigenvalue weighted by atomic mass is 10.0. The van der Waals surface area contributed by atoms with Gasteiger partial charge in [0.05, 0.1) is 6.61 Å². The smallest absolute Gasteiger partial charge is 0.137 e. The van der Waals surface area contributed by atoms with E-state index in [9.17, 15) is 0 Å². The van der Waals surface area contributed by atoms with E-state index < -0.39 is 0 Å². The first kappa shape index (κ1) is 13.3. The number of fused-ring (bicyclic) bond motifs is 1. The molecule has 0 fully saturated rings. The molecule has 1 aliphatic carbocycles. The second-order valence-corrected chi connectivity index (χ2v) is 4.71. The third kappa shape index (κ3) is 3.45. The lowest BCUT2D eigenvalue weighted by Crippen LogP contribution is -2.32. The first-order valence-electron chi connectivity index (χ1n) is 6.62. The summed E-state index contributed by atoms with van der Waals surface area (Å²) in [6, 6.07) is 6.70. The van der Waals surface area contributed by atoms with Gasteiger partial charge in [0.1, 0.15) is 12.5 Å². The van der Waals surface area contributed by atoms with Crippen molar-refractivity contribution in [3.05, 3.63) is 29.3 Å². The van der Waals surface area contributed by atoms with E-state index >= 15 is 0 Å². The van der Waals surface area contributed by atoms with E-state index in [0.717, 1.165) is 25.0 Å². The van der Waals surface area contributed by atoms with Crippen LogP contribution >= 0.6 is 0 Å². The van der Waals surface area contributed by atoms with Gasteiger partial charge in [-0.25, -0.2) is 0 Å². The van der Waals surface area contributed by atoms with Crippen LogP contribution < -0.4 is 15.8 Å². The molecule has 0 heterocycles. The second-order valence-electron chi connectivity index (χ2n) is 4.71. The van der Waals surface area contributed by atoms with Crippen LogP contribution in [0.2, 0.25) is 0 Å². The fourth-order valence-corrected chi connectivity index (χ4v) is 2.57. The van der Waals surface area contributed by atoms with Crippen molar-refractivity contribution in [2.45, 2.75) is 31.7 Å². The first-order valence-corrected chi connectivity index (χ1v) is 6.62. The molecule has 0 saturated heterocycles. The van der Waals surface area contributed by atoms with Crippen LogP contribution in [0.4, 0.5) is 0 Å². The lowest BCUT2D eigenvalue weighted by Gasteiger charge is -2.16. The van der Waals surface area contributed by atoms with E-state index in [1.165, 1.54) is 17.5 Å². The molecule has 0 aliphatic heterocycles. The highest BCUT2D eigenvalue weighted by Gasteiger charge is 2.16. The van der Waals surface area contributed by atoms with Gasteiger partial charge >= 0.3 is 0 Å². The number of ether oxygens (including phenoxy) is 1. The van der Waals surface area contributed by atoms with Crippen molar-refractivity contribution in [2.24, 2.45) is 5.73 Å². The average molecular weight is 250 g/mol. The van der Waals surface area contributed by atoms with E-state index in [1.807, 2.05) is 6.07 Å². The third-order valence-electron chi connectivity index (χ3n) is 3.44. The standard InChI is InChI=1S/C14H22N2O2/c15-10-18-14-5-4-12-8-13(16-6-7-17)3-1-2-11(12)9-14/h4-5,9,13,16-17H,1-3,6-8,10,15H2. The number of nitrogens with one attached hydrogen (secondary N) is 1. The zero-order valence-corrected chi connectivity index (χ0v) is 10.7. The van der Waals surface area contributed by atoms with E-state index in [2.05, 4.69) is 17.4 Å². The van der Waals surface area contributed by atoms with Crippen molar-refractivity contribution in [1.29, 1.82) is 0 Å². The number of aliphatic hydroxyl groups is 1. The lowest BCUT2D eigenvalue weighted by molar-refractivity contribution is 0.281. The minimum atomic E-state index is 0.201. The summed E-state index contributed by atoms with van der Waals surface area (Å²) in [5.41, 5.74) is 8.14. The molecule has 0 saturated carbocycles. The number of benzene rings is 1. The normalized spacial score (nSPS) is 19.1. The van der Waals surface area contributed by atoms with E-state index in [1.54, 1.807) is 0 Å². The maximum Gasteiger partial charge on any atom is 0.137 e. The molecule has 0 spiro atoms. The Balaban J connectivity index is 2.07. The quantitative estimate of drug-likeness (QED) is 0.534. The molecule has 1 aromatic rings. The molecule has 4 heteroatoms. The van der Waals surface area contributed by atoms with Gasteiger partial charge in [-0.3, -0.25) is 5.73 Å². The molecule has 1 aromatic carbocycles. The van der Waals surface area contributed by atoms with Gasteiger partial charge < -0.3 is 15.2 Å². The summed E-state index contributed by atoms with van der Waals surface area (Å²) < 4.78 is 5.33. The second kappa shape index (κ2) is 6.73. The predicted octanol–water partition coefficient (Wildman–Crippen LogP) is 0.811. The van der Waals surface area contributed by atoms with Crippen molar-refractivity contribution >= 4 is 0 Å². The molecule has 0 radical (unpaired) electrons. The van der Waals surface area contributed by atoms with Crippen molar-refractivity contribution in [2.75, 3.05) is 19.9 Å². The van der Waals surface area contributed by atoms with Crippen molar-refractivity contribution in [1.82, 2.24) is 5.32 Å². The minimum Gasteiger partial charge on any atom is -0.479 e. The topological polar surface area (TPSA) is 67.5 Å². The van der Waals surface area contributed by atoms with Gasteiger partial charge in [-0.15, -0.1) is 0 Å². The van der Waals surface area contributed by atoms with E-state index in [4.69, 9.17) is 15.6 Å². The Kier molecular flexibility index (Phi) is 4.99. The summed E-state index contributed by atoms with van der Waals surface area (Å²) >= 11 is 0. The van der Waals surface area contributed by atoms with Gasteiger partial charge in [0.25, 0.3) is 0 Å². The number of aryl methyl sites for hydroxylation is 1. The Labute approximate surface area is 108 Å². The maximum absolute atomic E-state index is 8.87. The molecule has 18 heavy (non-hydrogen) atoms. The maximum atomic E-state index is 8.87. The fourth-order valence-electron chi connectivity index (χ4n) is 2.57. The van der Waals surface area contributed by atoms with Crippen molar-refractivity contribution < 1.29 is 9.84 Å². The molecule has 100 valence electrons. The molecule has 2 rings (SSSR count). The Hall–Kier alpha value is -1.10. The van der Waals surface area contributed by atoms with E-state index in [0.29, 0.717) is 12.6 Å². The van der Waals surface area contributed by atoms with Crippen LogP contribution in [-0.2, 0) is 12.8 Å². The molecular weight excluding hydrogens is 228 g/mol. The van der Waals surface area contributed by atoms with Crippen LogP contribution in [0.5, 0.6) is 5.75 Å². The summed E-state index contributed by atoms with van der Waals surface area (Å²) in [7, 11) is 0. The number of hydrogen-bond acceptors (Lipinski definition) is 4. The van der Waals surface area contributed by atoms with Crippen LogP contribution in [0.1, 0.15) is 24.0 Å².